The molecule has 0 aromatic carbocycles. The molecular weight excluding hydrogens is 520 g/mol. The zero-order chi connectivity index (χ0) is 28.7. The maximum atomic E-state index is 11.4. The Morgan fingerprint density at radius 1 is 0.897 bits per heavy atom. The van der Waals surface area contributed by atoms with E-state index in [9.17, 15) is 25.5 Å². The van der Waals surface area contributed by atoms with Gasteiger partial charge in [0.15, 0.2) is 12.6 Å². The summed E-state index contributed by atoms with van der Waals surface area (Å²) in [5.74, 6) is 0. The normalized spacial score (nSPS) is 43.2. The van der Waals surface area contributed by atoms with Crippen molar-refractivity contribution in [2.75, 3.05) is 39.4 Å². The van der Waals surface area contributed by atoms with Gasteiger partial charge in [-0.25, -0.2) is 0 Å². The van der Waals surface area contributed by atoms with Gasteiger partial charge in [-0.3, -0.25) is 0 Å². The third-order valence-electron chi connectivity index (χ3n) is 7.50. The van der Waals surface area contributed by atoms with E-state index in [4.69, 9.17) is 47.0 Å². The van der Waals surface area contributed by atoms with Crippen LogP contribution in [0.2, 0.25) is 0 Å². The SMILES string of the molecule is NCC(O)CN[C@@H]1C[C@H](N)C(O[C@H]2O[C@H](CNCC(O)CO)CC[C@H]2N)[C@H](O)[C@H]1O[C@H]1OC[C@@H](O)[C@H](N)[C@H]1O. The molecule has 230 valence electrons. The molecule has 16 N–H and O–H groups in total. The number of nitrogens with one attached hydrogen (secondary N) is 2. The number of aliphatic hydroxyl groups excluding tert-OH is 6. The zero-order valence-corrected chi connectivity index (χ0v) is 22.1. The fourth-order valence-corrected chi connectivity index (χ4v) is 5.04. The molecule has 2 saturated heterocycles. The second-order valence-electron chi connectivity index (χ2n) is 10.7. The summed E-state index contributed by atoms with van der Waals surface area (Å²) in [6, 6.07) is -2.75. The van der Waals surface area contributed by atoms with Gasteiger partial charge in [0, 0.05) is 38.3 Å². The summed E-state index contributed by atoms with van der Waals surface area (Å²) in [4.78, 5) is 0. The highest BCUT2D eigenvalue weighted by Crippen LogP contribution is 2.30. The Bertz CT molecular complexity index is 718. The van der Waals surface area contributed by atoms with Crippen LogP contribution < -0.4 is 33.6 Å². The first-order valence-corrected chi connectivity index (χ1v) is 13.6. The topological polar surface area (TPSA) is 286 Å². The molecule has 16 heteroatoms. The van der Waals surface area contributed by atoms with E-state index < -0.39 is 79.5 Å². The van der Waals surface area contributed by atoms with Gasteiger partial charge in [-0.1, -0.05) is 0 Å². The van der Waals surface area contributed by atoms with E-state index in [0.29, 0.717) is 19.4 Å². The monoisotopic (exact) mass is 568 g/mol. The number of rotatable bonds is 13. The highest BCUT2D eigenvalue weighted by Gasteiger charge is 2.49. The van der Waals surface area contributed by atoms with Crippen molar-refractivity contribution >= 4 is 0 Å². The molecule has 3 aliphatic rings. The molecule has 0 radical (unpaired) electrons. The molecule has 3 rings (SSSR count). The van der Waals surface area contributed by atoms with Gasteiger partial charge in [-0.2, -0.15) is 0 Å². The Morgan fingerprint density at radius 2 is 1.62 bits per heavy atom. The lowest BCUT2D eigenvalue weighted by molar-refractivity contribution is -0.296. The van der Waals surface area contributed by atoms with Crippen molar-refractivity contribution in [2.24, 2.45) is 22.9 Å². The lowest BCUT2D eigenvalue weighted by Gasteiger charge is -2.48. The third kappa shape index (κ3) is 8.92. The molecule has 3 fully saturated rings. The van der Waals surface area contributed by atoms with Crippen molar-refractivity contribution in [3.8, 4) is 0 Å². The molecule has 1 aliphatic carbocycles. The minimum atomic E-state index is -1.36. The highest BCUT2D eigenvalue weighted by molar-refractivity contribution is 5.01. The summed E-state index contributed by atoms with van der Waals surface area (Å²) in [5, 5.41) is 66.4. The number of nitrogens with two attached hydrogens (primary N) is 4. The van der Waals surface area contributed by atoms with Crippen LogP contribution in [0.3, 0.4) is 0 Å². The standard InChI is InChI=1S/C23H48N6O10/c24-4-10(31)6-29-15-3-14(26)20(19(35)21(15)39-23-18(34)17(27)16(33)9-36-23)38-22-13(25)2-1-12(37-22)7-28-5-11(32)8-30/h10-23,28-35H,1-9,24-27H2/t10?,11?,12-,13+,14-,15+,16+,17-,18+,19-,20?,21-,22+,23+/m0/s1. The second-order valence-corrected chi connectivity index (χ2v) is 10.7. The fraction of sp³-hybridized carbons (Fsp3) is 1.00. The molecule has 14 atom stereocenters. The maximum Gasteiger partial charge on any atom is 0.185 e. The van der Waals surface area contributed by atoms with Crippen LogP contribution in [0.15, 0.2) is 0 Å². The van der Waals surface area contributed by atoms with Crippen molar-refractivity contribution in [2.45, 2.75) is 105 Å². The van der Waals surface area contributed by atoms with Crippen molar-refractivity contribution in [3.05, 3.63) is 0 Å². The summed E-state index contributed by atoms with van der Waals surface area (Å²) in [6.45, 7) is 0.204. The van der Waals surface area contributed by atoms with Crippen LogP contribution in [0.5, 0.6) is 0 Å². The minimum Gasteiger partial charge on any atom is -0.394 e. The molecule has 39 heavy (non-hydrogen) atoms. The van der Waals surface area contributed by atoms with Crippen molar-refractivity contribution in [1.82, 2.24) is 10.6 Å². The van der Waals surface area contributed by atoms with Gasteiger partial charge in [0.05, 0.1) is 49.7 Å². The largest absolute Gasteiger partial charge is 0.394 e. The van der Waals surface area contributed by atoms with Crippen molar-refractivity contribution in [1.29, 1.82) is 0 Å². The minimum absolute atomic E-state index is 0.0225. The first-order chi connectivity index (χ1) is 18.5. The molecule has 16 nitrogen and oxygen atoms in total. The Morgan fingerprint density at radius 3 is 2.31 bits per heavy atom. The highest BCUT2D eigenvalue weighted by atomic mass is 16.7. The molecular formula is C23H48N6O10. The molecule has 3 unspecified atom stereocenters. The quantitative estimate of drug-likeness (QED) is 0.0982. The van der Waals surface area contributed by atoms with Crippen molar-refractivity contribution in [3.63, 3.8) is 0 Å². The average Bonchev–Trinajstić information content (AvgIpc) is 2.92. The van der Waals surface area contributed by atoms with Crippen LogP contribution in [-0.2, 0) is 18.9 Å². The van der Waals surface area contributed by atoms with E-state index in [2.05, 4.69) is 10.6 Å². The third-order valence-corrected chi connectivity index (χ3v) is 7.50. The van der Waals surface area contributed by atoms with E-state index in [1.807, 2.05) is 0 Å². The van der Waals surface area contributed by atoms with Gasteiger partial charge in [0.2, 0.25) is 0 Å². The van der Waals surface area contributed by atoms with E-state index in [-0.39, 0.29) is 45.4 Å². The van der Waals surface area contributed by atoms with Gasteiger partial charge in [0.25, 0.3) is 0 Å². The van der Waals surface area contributed by atoms with E-state index in [1.54, 1.807) is 0 Å². The van der Waals surface area contributed by atoms with Crippen LogP contribution >= 0.6 is 0 Å². The van der Waals surface area contributed by atoms with Crippen LogP contribution in [0, 0.1) is 0 Å². The van der Waals surface area contributed by atoms with Crippen LogP contribution in [0.1, 0.15) is 19.3 Å². The summed E-state index contributed by atoms with van der Waals surface area (Å²) >= 11 is 0. The number of hydrogen-bond acceptors (Lipinski definition) is 16. The average molecular weight is 569 g/mol. The fourth-order valence-electron chi connectivity index (χ4n) is 5.04. The zero-order valence-electron chi connectivity index (χ0n) is 22.1. The Labute approximate surface area is 227 Å². The Kier molecular flexibility index (Phi) is 13.1. The van der Waals surface area contributed by atoms with Crippen LogP contribution in [-0.4, -0.2) is 156 Å². The molecule has 2 aliphatic heterocycles. The Balaban J connectivity index is 1.68. The Hall–Kier alpha value is -0.640. The van der Waals surface area contributed by atoms with Gasteiger partial charge in [-0.15, -0.1) is 0 Å². The lowest BCUT2D eigenvalue weighted by Crippen LogP contribution is -2.67. The summed E-state index contributed by atoms with van der Waals surface area (Å²) in [6.07, 6.45) is -8.38. The summed E-state index contributed by atoms with van der Waals surface area (Å²) in [7, 11) is 0. The van der Waals surface area contributed by atoms with Gasteiger partial charge >= 0.3 is 0 Å². The molecule has 2 heterocycles. The first-order valence-electron chi connectivity index (χ1n) is 13.6. The predicted molar refractivity (Wildman–Crippen MR) is 137 cm³/mol. The van der Waals surface area contributed by atoms with Crippen molar-refractivity contribution < 1.29 is 49.6 Å². The summed E-state index contributed by atoms with van der Waals surface area (Å²) in [5.41, 5.74) is 24.1. The van der Waals surface area contributed by atoms with E-state index in [1.165, 1.54) is 0 Å². The smallest absolute Gasteiger partial charge is 0.185 e. The predicted octanol–water partition coefficient (Wildman–Crippen LogP) is -6.69. The molecule has 1 saturated carbocycles. The van der Waals surface area contributed by atoms with E-state index >= 15 is 0 Å². The van der Waals surface area contributed by atoms with Crippen LogP contribution in [0.4, 0.5) is 0 Å². The lowest BCUT2D eigenvalue weighted by atomic mass is 9.83. The molecule has 0 bridgehead atoms. The van der Waals surface area contributed by atoms with Crippen LogP contribution in [0.25, 0.3) is 0 Å². The maximum absolute atomic E-state index is 11.4. The second kappa shape index (κ2) is 15.5. The van der Waals surface area contributed by atoms with Gasteiger partial charge in [0.1, 0.15) is 24.4 Å². The number of ether oxygens (including phenoxy) is 4. The van der Waals surface area contributed by atoms with Gasteiger partial charge in [-0.05, 0) is 19.3 Å². The number of aliphatic hydroxyl groups is 6. The number of hydrogen-bond donors (Lipinski definition) is 12. The molecule has 0 aromatic heterocycles. The molecule has 0 spiro atoms. The van der Waals surface area contributed by atoms with E-state index in [0.717, 1.165) is 0 Å². The van der Waals surface area contributed by atoms with Gasteiger partial charge < -0.3 is 83.2 Å². The molecule has 0 amide bonds. The molecule has 0 aromatic rings. The summed E-state index contributed by atoms with van der Waals surface area (Å²) < 4.78 is 23.6. The first kappa shape index (κ1) is 32.9.